The lowest BCUT2D eigenvalue weighted by molar-refractivity contribution is 0.191. The first kappa shape index (κ1) is 15.1. The summed E-state index contributed by atoms with van der Waals surface area (Å²) in [5, 5.41) is 7.25. The summed E-state index contributed by atoms with van der Waals surface area (Å²) in [4.78, 5) is 22.4. The van der Waals surface area contributed by atoms with Crippen molar-refractivity contribution in [2.45, 2.75) is 25.7 Å². The van der Waals surface area contributed by atoms with E-state index < -0.39 is 0 Å². The van der Waals surface area contributed by atoms with E-state index in [0.717, 1.165) is 41.8 Å². The normalized spacial score (nSPS) is 18.0. The Morgan fingerprint density at radius 2 is 2.38 bits per heavy atom. The number of fused-ring (bicyclic) bond motifs is 1. The number of aryl methyl sites for hydroxylation is 1. The number of hydrogen-bond donors (Lipinski definition) is 2. The average Bonchev–Trinajstić information content (AvgIpc) is 3.25. The van der Waals surface area contributed by atoms with Gasteiger partial charge in [-0.15, -0.1) is 5.10 Å². The van der Waals surface area contributed by atoms with E-state index in [1.54, 1.807) is 6.20 Å². The highest BCUT2D eigenvalue weighted by Crippen LogP contribution is 2.28. The molecule has 1 aromatic carbocycles. The molecule has 1 aliphatic heterocycles. The lowest BCUT2D eigenvalue weighted by atomic mass is 9.97. The molecule has 24 heavy (non-hydrogen) atoms. The van der Waals surface area contributed by atoms with Crippen LogP contribution in [-0.4, -0.2) is 43.6 Å². The molecular formula is C16H18N6OS. The molecule has 124 valence electrons. The molecule has 1 atom stereocenters. The van der Waals surface area contributed by atoms with Gasteiger partial charge in [-0.05, 0) is 31.4 Å². The van der Waals surface area contributed by atoms with Crippen LogP contribution >= 0.6 is 11.5 Å². The van der Waals surface area contributed by atoms with E-state index in [9.17, 15) is 4.79 Å². The molecule has 0 saturated carbocycles. The van der Waals surface area contributed by atoms with E-state index in [0.29, 0.717) is 11.5 Å². The SMILES string of the molecule is Cc1cccc2[nH]c(C3CCCN(C(=O)Nc4cnns4)C3)nc12. The number of piperidine rings is 1. The number of carbonyl (C=O) groups excluding carboxylic acids is 1. The molecule has 1 unspecified atom stereocenters. The van der Waals surface area contributed by atoms with Gasteiger partial charge in [-0.1, -0.05) is 16.6 Å². The molecule has 2 aromatic heterocycles. The fraction of sp³-hybridized carbons (Fsp3) is 0.375. The predicted octanol–water partition coefficient (Wildman–Crippen LogP) is 3.13. The van der Waals surface area contributed by atoms with Crippen molar-refractivity contribution in [1.29, 1.82) is 0 Å². The number of anilines is 1. The number of benzene rings is 1. The predicted molar refractivity (Wildman–Crippen MR) is 93.3 cm³/mol. The Labute approximate surface area is 143 Å². The van der Waals surface area contributed by atoms with Gasteiger partial charge in [0.25, 0.3) is 0 Å². The summed E-state index contributed by atoms with van der Waals surface area (Å²) in [5.41, 5.74) is 3.24. The van der Waals surface area contributed by atoms with Gasteiger partial charge in [0.05, 0.1) is 17.2 Å². The van der Waals surface area contributed by atoms with Gasteiger partial charge in [-0.3, -0.25) is 5.32 Å². The third kappa shape index (κ3) is 2.84. The van der Waals surface area contributed by atoms with Crippen LogP contribution in [0.5, 0.6) is 0 Å². The molecule has 2 amide bonds. The Hall–Kier alpha value is -2.48. The number of aromatic nitrogens is 4. The van der Waals surface area contributed by atoms with E-state index in [1.807, 2.05) is 17.0 Å². The topological polar surface area (TPSA) is 86.8 Å². The van der Waals surface area contributed by atoms with Crippen molar-refractivity contribution in [2.24, 2.45) is 0 Å². The average molecular weight is 342 g/mol. The molecular weight excluding hydrogens is 324 g/mol. The molecule has 2 N–H and O–H groups in total. The number of carbonyl (C=O) groups is 1. The van der Waals surface area contributed by atoms with Crippen LogP contribution in [-0.2, 0) is 0 Å². The number of likely N-dealkylation sites (tertiary alicyclic amines) is 1. The Morgan fingerprint density at radius 3 is 3.17 bits per heavy atom. The first-order valence-corrected chi connectivity index (χ1v) is 8.76. The summed E-state index contributed by atoms with van der Waals surface area (Å²) in [6, 6.07) is 6.04. The molecule has 3 aromatic rings. The monoisotopic (exact) mass is 342 g/mol. The minimum Gasteiger partial charge on any atom is -0.342 e. The number of nitrogens with one attached hydrogen (secondary N) is 2. The number of rotatable bonds is 2. The Balaban J connectivity index is 1.51. The summed E-state index contributed by atoms with van der Waals surface area (Å²) in [7, 11) is 0. The minimum absolute atomic E-state index is 0.0990. The van der Waals surface area contributed by atoms with Crippen molar-refractivity contribution >= 4 is 33.6 Å². The zero-order chi connectivity index (χ0) is 16.5. The van der Waals surface area contributed by atoms with Crippen LogP contribution in [0.3, 0.4) is 0 Å². The lowest BCUT2D eigenvalue weighted by Crippen LogP contribution is -2.41. The van der Waals surface area contributed by atoms with Gasteiger partial charge in [-0.2, -0.15) is 0 Å². The Morgan fingerprint density at radius 1 is 1.46 bits per heavy atom. The molecule has 0 spiro atoms. The number of imidazole rings is 1. The number of nitrogens with zero attached hydrogens (tertiary/aromatic N) is 4. The van der Waals surface area contributed by atoms with Gasteiger partial charge in [-0.25, -0.2) is 9.78 Å². The third-order valence-corrected chi connectivity index (χ3v) is 5.00. The van der Waals surface area contributed by atoms with E-state index in [-0.39, 0.29) is 11.9 Å². The van der Waals surface area contributed by atoms with E-state index in [4.69, 9.17) is 4.98 Å². The second-order valence-corrected chi connectivity index (χ2v) is 6.88. The highest BCUT2D eigenvalue weighted by Gasteiger charge is 2.27. The Kier molecular flexibility index (Phi) is 3.89. The maximum absolute atomic E-state index is 12.4. The Bertz CT molecular complexity index is 859. The molecule has 1 saturated heterocycles. The highest BCUT2D eigenvalue weighted by molar-refractivity contribution is 7.10. The second kappa shape index (κ2) is 6.20. The van der Waals surface area contributed by atoms with Crippen molar-refractivity contribution in [3.63, 3.8) is 0 Å². The van der Waals surface area contributed by atoms with Gasteiger partial charge >= 0.3 is 6.03 Å². The van der Waals surface area contributed by atoms with Crippen LogP contribution in [0.4, 0.5) is 9.80 Å². The van der Waals surface area contributed by atoms with Gasteiger partial charge < -0.3 is 9.88 Å². The number of amides is 2. The molecule has 0 aliphatic carbocycles. The number of para-hydroxylation sites is 1. The van der Waals surface area contributed by atoms with Gasteiger partial charge in [0.15, 0.2) is 0 Å². The molecule has 1 fully saturated rings. The first-order chi connectivity index (χ1) is 11.7. The van der Waals surface area contributed by atoms with Crippen LogP contribution in [0, 0.1) is 6.92 Å². The first-order valence-electron chi connectivity index (χ1n) is 7.99. The summed E-state index contributed by atoms with van der Waals surface area (Å²) in [5.74, 6) is 1.20. The summed E-state index contributed by atoms with van der Waals surface area (Å²) < 4.78 is 3.76. The van der Waals surface area contributed by atoms with E-state index in [1.165, 1.54) is 11.5 Å². The van der Waals surface area contributed by atoms with E-state index >= 15 is 0 Å². The van der Waals surface area contributed by atoms with Gasteiger partial charge in [0, 0.05) is 30.5 Å². The van der Waals surface area contributed by atoms with Crippen LogP contribution in [0.25, 0.3) is 11.0 Å². The molecule has 4 rings (SSSR count). The van der Waals surface area contributed by atoms with Crippen molar-refractivity contribution in [3.05, 3.63) is 35.8 Å². The lowest BCUT2D eigenvalue weighted by Gasteiger charge is -2.31. The van der Waals surface area contributed by atoms with Gasteiger partial charge in [0.2, 0.25) is 0 Å². The molecule has 8 heteroatoms. The number of H-pyrrole nitrogens is 1. The summed E-state index contributed by atoms with van der Waals surface area (Å²) in [6.07, 6.45) is 3.56. The molecule has 1 aliphatic rings. The fourth-order valence-electron chi connectivity index (χ4n) is 3.18. The van der Waals surface area contributed by atoms with Crippen LogP contribution < -0.4 is 5.32 Å². The standard InChI is InChI=1S/C16H18N6OS/c1-10-4-2-6-12-14(10)20-15(18-12)11-5-3-7-22(9-11)16(23)19-13-8-17-21-24-13/h2,4,6,8,11H,3,5,7,9H2,1H3,(H,18,20)(H,19,23). The zero-order valence-corrected chi connectivity index (χ0v) is 14.1. The van der Waals surface area contributed by atoms with Crippen molar-refractivity contribution in [3.8, 4) is 0 Å². The van der Waals surface area contributed by atoms with Crippen molar-refractivity contribution < 1.29 is 4.79 Å². The number of hydrogen-bond acceptors (Lipinski definition) is 5. The second-order valence-electron chi connectivity index (χ2n) is 6.09. The molecule has 0 bridgehead atoms. The largest absolute Gasteiger partial charge is 0.342 e. The van der Waals surface area contributed by atoms with Crippen molar-refractivity contribution in [2.75, 3.05) is 18.4 Å². The molecule has 0 radical (unpaired) electrons. The van der Waals surface area contributed by atoms with Crippen molar-refractivity contribution in [1.82, 2.24) is 24.5 Å². The fourth-order valence-corrected chi connectivity index (χ4v) is 3.59. The quantitative estimate of drug-likeness (QED) is 0.749. The maximum Gasteiger partial charge on any atom is 0.322 e. The zero-order valence-electron chi connectivity index (χ0n) is 13.3. The summed E-state index contributed by atoms with van der Waals surface area (Å²) in [6.45, 7) is 3.49. The molecule has 3 heterocycles. The minimum atomic E-state index is -0.0990. The third-order valence-electron chi connectivity index (χ3n) is 4.42. The molecule has 7 nitrogen and oxygen atoms in total. The van der Waals surface area contributed by atoms with Crippen LogP contribution in [0.15, 0.2) is 24.4 Å². The number of urea groups is 1. The van der Waals surface area contributed by atoms with Gasteiger partial charge in [0.1, 0.15) is 10.8 Å². The van der Waals surface area contributed by atoms with Crippen LogP contribution in [0.1, 0.15) is 30.1 Å². The number of aromatic amines is 1. The van der Waals surface area contributed by atoms with E-state index in [2.05, 4.69) is 32.9 Å². The summed E-state index contributed by atoms with van der Waals surface area (Å²) >= 11 is 1.18. The highest BCUT2D eigenvalue weighted by atomic mass is 32.1. The maximum atomic E-state index is 12.4. The smallest absolute Gasteiger partial charge is 0.322 e. The van der Waals surface area contributed by atoms with Crippen LogP contribution in [0.2, 0.25) is 0 Å².